The van der Waals surface area contributed by atoms with Crippen molar-refractivity contribution in [1.82, 2.24) is 0 Å². The molecule has 0 saturated carbocycles. The molecule has 0 aliphatic heterocycles. The lowest BCUT2D eigenvalue weighted by Gasteiger charge is -2.11. The highest BCUT2D eigenvalue weighted by atomic mass is 16.5. The van der Waals surface area contributed by atoms with Gasteiger partial charge >= 0.3 is 0 Å². The van der Waals surface area contributed by atoms with Crippen LogP contribution in [-0.2, 0) is 6.42 Å². The summed E-state index contributed by atoms with van der Waals surface area (Å²) in [6.45, 7) is 6.96. The first-order chi connectivity index (χ1) is 7.67. The highest BCUT2D eigenvalue weighted by Crippen LogP contribution is 2.20. The minimum absolute atomic E-state index is 0.326. The number of hydrogen-bond donors (Lipinski definition) is 1. The van der Waals surface area contributed by atoms with E-state index in [1.807, 2.05) is 6.92 Å². The van der Waals surface area contributed by atoms with Crippen molar-refractivity contribution in [2.45, 2.75) is 46.1 Å². The smallest absolute Gasteiger partial charge is 0.122 e. The molecular formula is C14H23NO. The summed E-state index contributed by atoms with van der Waals surface area (Å²) in [5.41, 5.74) is 8.48. The van der Waals surface area contributed by atoms with E-state index >= 15 is 0 Å². The third kappa shape index (κ3) is 3.86. The van der Waals surface area contributed by atoms with Gasteiger partial charge in [-0.05, 0) is 50.3 Å². The zero-order chi connectivity index (χ0) is 12.0. The van der Waals surface area contributed by atoms with Crippen molar-refractivity contribution in [3.63, 3.8) is 0 Å². The first kappa shape index (κ1) is 13.0. The van der Waals surface area contributed by atoms with E-state index in [4.69, 9.17) is 10.5 Å². The van der Waals surface area contributed by atoms with E-state index in [1.165, 1.54) is 11.1 Å². The predicted molar refractivity (Wildman–Crippen MR) is 68.9 cm³/mol. The van der Waals surface area contributed by atoms with Gasteiger partial charge in [-0.25, -0.2) is 0 Å². The van der Waals surface area contributed by atoms with Gasteiger partial charge < -0.3 is 10.5 Å². The highest BCUT2D eigenvalue weighted by molar-refractivity contribution is 5.36. The van der Waals surface area contributed by atoms with Gasteiger partial charge in [0.25, 0.3) is 0 Å². The Balaban J connectivity index is 2.59. The van der Waals surface area contributed by atoms with Gasteiger partial charge in [0.2, 0.25) is 0 Å². The minimum Gasteiger partial charge on any atom is -0.494 e. The molecule has 0 aliphatic rings. The molecule has 1 aromatic rings. The number of aryl methyl sites for hydroxylation is 2. The fourth-order valence-electron chi connectivity index (χ4n) is 1.74. The summed E-state index contributed by atoms with van der Waals surface area (Å²) in [6, 6.07) is 6.73. The Labute approximate surface area is 98.8 Å². The number of ether oxygens (including phenoxy) is 1. The summed E-state index contributed by atoms with van der Waals surface area (Å²) in [7, 11) is 0. The van der Waals surface area contributed by atoms with E-state index in [2.05, 4.69) is 32.0 Å². The Morgan fingerprint density at radius 3 is 2.62 bits per heavy atom. The molecule has 1 atom stereocenters. The van der Waals surface area contributed by atoms with Crippen molar-refractivity contribution in [1.29, 1.82) is 0 Å². The van der Waals surface area contributed by atoms with Gasteiger partial charge in [0.15, 0.2) is 0 Å². The van der Waals surface area contributed by atoms with Gasteiger partial charge in [-0.2, -0.15) is 0 Å². The third-order valence-electron chi connectivity index (χ3n) is 2.87. The van der Waals surface area contributed by atoms with Crippen LogP contribution in [0.4, 0.5) is 0 Å². The van der Waals surface area contributed by atoms with Crippen LogP contribution < -0.4 is 10.5 Å². The molecule has 2 heteroatoms. The molecular weight excluding hydrogens is 198 g/mol. The van der Waals surface area contributed by atoms with Gasteiger partial charge in [0, 0.05) is 6.04 Å². The molecule has 1 rings (SSSR count). The van der Waals surface area contributed by atoms with E-state index in [1.54, 1.807) is 0 Å². The Kier molecular flexibility index (Phi) is 5.33. The van der Waals surface area contributed by atoms with Crippen LogP contribution in [0.1, 0.15) is 37.8 Å². The van der Waals surface area contributed by atoms with E-state index in [9.17, 15) is 0 Å². The molecule has 2 nitrogen and oxygen atoms in total. The molecule has 2 N–H and O–H groups in total. The maximum absolute atomic E-state index is 5.91. The largest absolute Gasteiger partial charge is 0.494 e. The normalized spacial score (nSPS) is 12.5. The van der Waals surface area contributed by atoms with Gasteiger partial charge in [-0.1, -0.05) is 19.1 Å². The standard InChI is InChI=1S/C14H23NO/c1-4-13(15)8-6-12-7-9-14(16-5-2)11(3)10-12/h7,9-10,13H,4-6,8,15H2,1-3H3. The van der Waals surface area contributed by atoms with Crippen molar-refractivity contribution >= 4 is 0 Å². The van der Waals surface area contributed by atoms with Crippen LogP contribution in [0.2, 0.25) is 0 Å². The molecule has 16 heavy (non-hydrogen) atoms. The zero-order valence-electron chi connectivity index (χ0n) is 10.6. The summed E-state index contributed by atoms with van der Waals surface area (Å²) < 4.78 is 5.51. The van der Waals surface area contributed by atoms with Crippen LogP contribution in [0.3, 0.4) is 0 Å². The number of hydrogen-bond acceptors (Lipinski definition) is 2. The number of benzene rings is 1. The molecule has 0 amide bonds. The molecule has 0 bridgehead atoms. The van der Waals surface area contributed by atoms with Crippen molar-refractivity contribution in [2.24, 2.45) is 5.73 Å². The molecule has 0 aliphatic carbocycles. The van der Waals surface area contributed by atoms with Crippen molar-refractivity contribution in [2.75, 3.05) is 6.61 Å². The van der Waals surface area contributed by atoms with Crippen LogP contribution >= 0.6 is 0 Å². The fraction of sp³-hybridized carbons (Fsp3) is 0.571. The number of nitrogens with two attached hydrogens (primary N) is 1. The molecule has 0 spiro atoms. The Morgan fingerprint density at radius 2 is 2.06 bits per heavy atom. The lowest BCUT2D eigenvalue weighted by Crippen LogP contribution is -2.19. The summed E-state index contributed by atoms with van der Waals surface area (Å²) >= 11 is 0. The first-order valence-electron chi connectivity index (χ1n) is 6.15. The van der Waals surface area contributed by atoms with Crippen molar-refractivity contribution in [3.05, 3.63) is 29.3 Å². The summed E-state index contributed by atoms with van der Waals surface area (Å²) in [4.78, 5) is 0. The minimum atomic E-state index is 0.326. The molecule has 0 radical (unpaired) electrons. The molecule has 1 aromatic carbocycles. The molecule has 0 fully saturated rings. The maximum atomic E-state index is 5.91. The summed E-state index contributed by atoms with van der Waals surface area (Å²) in [5, 5.41) is 0. The highest BCUT2D eigenvalue weighted by Gasteiger charge is 2.03. The van der Waals surface area contributed by atoms with Crippen LogP contribution in [0.15, 0.2) is 18.2 Å². The lowest BCUT2D eigenvalue weighted by atomic mass is 10.0. The zero-order valence-corrected chi connectivity index (χ0v) is 10.6. The molecule has 90 valence electrons. The maximum Gasteiger partial charge on any atom is 0.122 e. The van der Waals surface area contributed by atoms with E-state index in [0.29, 0.717) is 6.04 Å². The Morgan fingerprint density at radius 1 is 1.31 bits per heavy atom. The van der Waals surface area contributed by atoms with E-state index in [-0.39, 0.29) is 0 Å². The predicted octanol–water partition coefficient (Wildman–Crippen LogP) is 3.06. The fourth-order valence-corrected chi connectivity index (χ4v) is 1.74. The molecule has 0 saturated heterocycles. The second kappa shape index (κ2) is 6.54. The van der Waals surface area contributed by atoms with Gasteiger partial charge in [0.1, 0.15) is 5.75 Å². The van der Waals surface area contributed by atoms with Crippen LogP contribution in [-0.4, -0.2) is 12.6 Å². The van der Waals surface area contributed by atoms with Crippen LogP contribution in [0, 0.1) is 6.92 Å². The second-order valence-corrected chi connectivity index (χ2v) is 4.24. The molecule has 0 heterocycles. The summed E-state index contributed by atoms with van der Waals surface area (Å²) in [5.74, 6) is 0.992. The average Bonchev–Trinajstić information content (AvgIpc) is 2.29. The molecule has 0 aromatic heterocycles. The number of rotatable bonds is 6. The van der Waals surface area contributed by atoms with Gasteiger partial charge in [-0.15, -0.1) is 0 Å². The topological polar surface area (TPSA) is 35.2 Å². The van der Waals surface area contributed by atoms with Crippen molar-refractivity contribution in [3.8, 4) is 5.75 Å². The third-order valence-corrected chi connectivity index (χ3v) is 2.87. The average molecular weight is 221 g/mol. The van der Waals surface area contributed by atoms with Crippen molar-refractivity contribution < 1.29 is 4.74 Å². The van der Waals surface area contributed by atoms with E-state index in [0.717, 1.165) is 31.6 Å². The van der Waals surface area contributed by atoms with Crippen LogP contribution in [0.5, 0.6) is 5.75 Å². The second-order valence-electron chi connectivity index (χ2n) is 4.24. The first-order valence-corrected chi connectivity index (χ1v) is 6.15. The Bertz CT molecular complexity index is 323. The van der Waals surface area contributed by atoms with Gasteiger partial charge in [0.05, 0.1) is 6.61 Å². The van der Waals surface area contributed by atoms with Crippen LogP contribution in [0.25, 0.3) is 0 Å². The SMILES string of the molecule is CCOc1ccc(CCC(N)CC)cc1C. The lowest BCUT2D eigenvalue weighted by molar-refractivity contribution is 0.338. The van der Waals surface area contributed by atoms with E-state index < -0.39 is 0 Å². The van der Waals surface area contributed by atoms with Gasteiger partial charge in [-0.3, -0.25) is 0 Å². The monoisotopic (exact) mass is 221 g/mol. The summed E-state index contributed by atoms with van der Waals surface area (Å²) in [6.07, 6.45) is 3.17. The Hall–Kier alpha value is -1.02. The molecule has 1 unspecified atom stereocenters. The quantitative estimate of drug-likeness (QED) is 0.801.